The highest BCUT2D eigenvalue weighted by atomic mass is 16.5. The van der Waals surface area contributed by atoms with Crippen molar-refractivity contribution in [3.05, 3.63) is 53.1 Å². The van der Waals surface area contributed by atoms with E-state index in [1.165, 1.54) is 7.11 Å². The highest BCUT2D eigenvalue weighted by Gasteiger charge is 2.24. The number of hydrogen-bond donors (Lipinski definition) is 0. The molecule has 0 radical (unpaired) electrons. The van der Waals surface area contributed by atoms with Crippen LogP contribution in [0.2, 0.25) is 0 Å². The van der Waals surface area contributed by atoms with Crippen LogP contribution in [0.4, 0.5) is 0 Å². The normalized spacial score (nSPS) is 12.8. The molecule has 0 atom stereocenters. The fraction of sp³-hybridized carbons (Fsp3) is 0.333. The molecule has 0 saturated heterocycles. The van der Waals surface area contributed by atoms with Crippen molar-refractivity contribution in [3.8, 4) is 17.2 Å². The average Bonchev–Trinajstić information content (AvgIpc) is 2.75. The second-order valence-corrected chi connectivity index (χ2v) is 6.32. The summed E-state index contributed by atoms with van der Waals surface area (Å²) in [5.41, 5.74) is 2.40. The minimum absolute atomic E-state index is 0.247. The van der Waals surface area contributed by atoms with Gasteiger partial charge in [0, 0.05) is 13.1 Å². The zero-order valence-corrected chi connectivity index (χ0v) is 16.2. The smallest absolute Gasteiger partial charge is 0.342 e. The number of methoxy groups -OCH3 is 3. The van der Waals surface area contributed by atoms with Crippen molar-refractivity contribution >= 4 is 11.9 Å². The lowest BCUT2D eigenvalue weighted by Gasteiger charge is -2.29. The highest BCUT2D eigenvalue weighted by molar-refractivity contribution is 5.94. The summed E-state index contributed by atoms with van der Waals surface area (Å²) in [6, 6.07) is 10.6. The number of para-hydroxylation sites is 1. The summed E-state index contributed by atoms with van der Waals surface area (Å²) in [6.07, 6.45) is 0.696. The minimum atomic E-state index is -0.588. The molecular weight excluding hydrogens is 362 g/mol. The molecule has 7 nitrogen and oxygen atoms in total. The number of carbonyl (C=O) groups is 2. The molecule has 28 heavy (non-hydrogen) atoms. The van der Waals surface area contributed by atoms with Crippen LogP contribution in [-0.2, 0) is 22.5 Å². The first-order valence-electron chi connectivity index (χ1n) is 8.89. The molecule has 1 amide bonds. The topological polar surface area (TPSA) is 74.3 Å². The van der Waals surface area contributed by atoms with E-state index in [1.807, 2.05) is 12.1 Å². The minimum Gasteiger partial charge on any atom is -0.496 e. The van der Waals surface area contributed by atoms with Gasteiger partial charge in [-0.05, 0) is 41.8 Å². The largest absolute Gasteiger partial charge is 0.496 e. The molecular formula is C21H23NO6. The van der Waals surface area contributed by atoms with Gasteiger partial charge in [0.05, 0.1) is 21.3 Å². The van der Waals surface area contributed by atoms with Gasteiger partial charge in [-0.15, -0.1) is 0 Å². The van der Waals surface area contributed by atoms with Crippen LogP contribution in [0.15, 0.2) is 36.4 Å². The molecule has 0 N–H and O–H groups in total. The molecule has 0 aliphatic carbocycles. The van der Waals surface area contributed by atoms with Gasteiger partial charge in [0.15, 0.2) is 18.1 Å². The summed E-state index contributed by atoms with van der Waals surface area (Å²) in [6.45, 7) is 0.660. The predicted octanol–water partition coefficient (Wildman–Crippen LogP) is 2.45. The summed E-state index contributed by atoms with van der Waals surface area (Å²) in [7, 11) is 4.65. The predicted molar refractivity (Wildman–Crippen MR) is 102 cm³/mol. The van der Waals surface area contributed by atoms with E-state index in [0.717, 1.165) is 11.1 Å². The van der Waals surface area contributed by atoms with Crippen LogP contribution >= 0.6 is 0 Å². The molecule has 0 bridgehead atoms. The van der Waals surface area contributed by atoms with Crippen LogP contribution in [0.3, 0.4) is 0 Å². The summed E-state index contributed by atoms with van der Waals surface area (Å²) < 4.78 is 21.0. The number of carbonyl (C=O) groups excluding carboxylic acids is 2. The average molecular weight is 385 g/mol. The van der Waals surface area contributed by atoms with E-state index < -0.39 is 5.97 Å². The zero-order valence-electron chi connectivity index (χ0n) is 16.2. The van der Waals surface area contributed by atoms with Gasteiger partial charge < -0.3 is 23.8 Å². The van der Waals surface area contributed by atoms with Crippen molar-refractivity contribution in [1.29, 1.82) is 0 Å². The maximum atomic E-state index is 12.5. The van der Waals surface area contributed by atoms with Crippen LogP contribution in [-0.4, -0.2) is 51.3 Å². The standard InChI is InChI=1S/C21H23NO6/c1-25-17-7-5-4-6-16(17)21(24)28-13-20(23)22-9-8-14-10-18(26-2)19(27-3)11-15(14)12-22/h4-7,10-11H,8-9,12-13H2,1-3H3. The second-order valence-electron chi connectivity index (χ2n) is 6.32. The van der Waals surface area contributed by atoms with Gasteiger partial charge in [-0.3, -0.25) is 4.79 Å². The maximum absolute atomic E-state index is 12.5. The Morgan fingerprint density at radius 3 is 2.25 bits per heavy atom. The van der Waals surface area contributed by atoms with Gasteiger partial charge in [0.2, 0.25) is 0 Å². The first kappa shape index (κ1) is 19.5. The Labute approximate surface area is 163 Å². The van der Waals surface area contributed by atoms with Gasteiger partial charge >= 0.3 is 5.97 Å². The van der Waals surface area contributed by atoms with Crippen molar-refractivity contribution in [2.75, 3.05) is 34.5 Å². The molecule has 3 rings (SSSR count). The van der Waals surface area contributed by atoms with Crippen molar-refractivity contribution in [1.82, 2.24) is 4.90 Å². The van der Waals surface area contributed by atoms with E-state index in [9.17, 15) is 9.59 Å². The highest BCUT2D eigenvalue weighted by Crippen LogP contribution is 2.33. The number of benzene rings is 2. The lowest BCUT2D eigenvalue weighted by Crippen LogP contribution is -2.38. The first-order chi connectivity index (χ1) is 13.6. The van der Waals surface area contributed by atoms with E-state index in [4.69, 9.17) is 18.9 Å². The van der Waals surface area contributed by atoms with Gasteiger partial charge in [-0.2, -0.15) is 0 Å². The van der Waals surface area contributed by atoms with Gasteiger partial charge in [0.25, 0.3) is 5.91 Å². The van der Waals surface area contributed by atoms with Crippen molar-refractivity contribution in [2.45, 2.75) is 13.0 Å². The fourth-order valence-electron chi connectivity index (χ4n) is 3.21. The molecule has 0 aromatic heterocycles. The van der Waals surface area contributed by atoms with Crippen molar-refractivity contribution in [2.24, 2.45) is 0 Å². The van der Waals surface area contributed by atoms with Crippen LogP contribution in [0.5, 0.6) is 17.2 Å². The Morgan fingerprint density at radius 2 is 1.57 bits per heavy atom. The van der Waals surface area contributed by atoms with Gasteiger partial charge in [-0.1, -0.05) is 12.1 Å². The summed E-state index contributed by atoms with van der Waals surface area (Å²) in [4.78, 5) is 26.5. The lowest BCUT2D eigenvalue weighted by molar-refractivity contribution is -0.135. The van der Waals surface area contributed by atoms with E-state index >= 15 is 0 Å². The number of hydrogen-bond acceptors (Lipinski definition) is 6. The number of rotatable bonds is 6. The Kier molecular flexibility index (Phi) is 6.03. The number of ether oxygens (including phenoxy) is 4. The van der Waals surface area contributed by atoms with Crippen LogP contribution < -0.4 is 14.2 Å². The maximum Gasteiger partial charge on any atom is 0.342 e. The third-order valence-electron chi connectivity index (χ3n) is 4.72. The van der Waals surface area contributed by atoms with E-state index in [2.05, 4.69) is 0 Å². The van der Waals surface area contributed by atoms with Gasteiger partial charge in [-0.25, -0.2) is 4.79 Å². The Bertz CT molecular complexity index is 879. The molecule has 0 fully saturated rings. The molecule has 7 heteroatoms. The summed E-state index contributed by atoms with van der Waals surface area (Å²) in [5.74, 6) is 0.871. The number of amides is 1. The lowest BCUT2D eigenvalue weighted by atomic mass is 9.99. The Balaban J connectivity index is 1.64. The summed E-state index contributed by atoms with van der Waals surface area (Å²) in [5, 5.41) is 0. The Hall–Kier alpha value is -3.22. The third-order valence-corrected chi connectivity index (χ3v) is 4.72. The molecule has 0 unspecified atom stereocenters. The SMILES string of the molecule is COc1cc2c(cc1OC)CN(C(=O)COC(=O)c1ccccc1OC)CC2. The molecule has 2 aromatic carbocycles. The zero-order chi connectivity index (χ0) is 20.1. The Morgan fingerprint density at radius 1 is 0.929 bits per heavy atom. The molecule has 1 aliphatic heterocycles. The molecule has 1 heterocycles. The molecule has 2 aromatic rings. The van der Waals surface area contributed by atoms with Crippen molar-refractivity contribution in [3.63, 3.8) is 0 Å². The summed E-state index contributed by atoms with van der Waals surface area (Å²) >= 11 is 0. The van der Waals surface area contributed by atoms with Crippen LogP contribution in [0, 0.1) is 0 Å². The van der Waals surface area contributed by atoms with Crippen molar-refractivity contribution < 1.29 is 28.5 Å². The van der Waals surface area contributed by atoms with E-state index in [1.54, 1.807) is 43.4 Å². The quantitative estimate of drug-likeness (QED) is 0.711. The number of nitrogens with zero attached hydrogens (tertiary/aromatic N) is 1. The van der Waals surface area contributed by atoms with Gasteiger partial charge in [0.1, 0.15) is 11.3 Å². The number of fused-ring (bicyclic) bond motifs is 1. The van der Waals surface area contributed by atoms with Crippen LogP contribution in [0.1, 0.15) is 21.5 Å². The monoisotopic (exact) mass is 385 g/mol. The molecule has 0 spiro atoms. The molecule has 0 saturated carbocycles. The fourth-order valence-corrected chi connectivity index (χ4v) is 3.21. The van der Waals surface area contributed by atoms with E-state index in [0.29, 0.717) is 42.3 Å². The third kappa shape index (κ3) is 4.03. The molecule has 148 valence electrons. The first-order valence-corrected chi connectivity index (χ1v) is 8.89. The second kappa shape index (κ2) is 8.65. The molecule has 1 aliphatic rings. The number of esters is 1. The van der Waals surface area contributed by atoms with Crippen LogP contribution in [0.25, 0.3) is 0 Å². The van der Waals surface area contributed by atoms with E-state index in [-0.39, 0.29) is 12.5 Å².